The van der Waals surface area contributed by atoms with Crippen molar-refractivity contribution in [2.45, 2.75) is 38.3 Å². The Morgan fingerprint density at radius 3 is 2.61 bits per heavy atom. The molecule has 0 aliphatic carbocycles. The molecule has 1 aromatic carbocycles. The van der Waals surface area contributed by atoms with Crippen LogP contribution in [0.25, 0.3) is 0 Å². The van der Waals surface area contributed by atoms with Gasteiger partial charge < -0.3 is 15.4 Å². The van der Waals surface area contributed by atoms with Crippen LogP contribution in [0.3, 0.4) is 0 Å². The zero-order valence-electron chi connectivity index (χ0n) is 11.6. The molecule has 0 amide bonds. The quantitative estimate of drug-likeness (QED) is 0.836. The van der Waals surface area contributed by atoms with Crippen molar-refractivity contribution in [1.82, 2.24) is 10.6 Å². The van der Waals surface area contributed by atoms with Gasteiger partial charge in [-0.1, -0.05) is 12.1 Å². The fourth-order valence-corrected chi connectivity index (χ4v) is 2.52. The topological polar surface area (TPSA) is 33.3 Å². The van der Waals surface area contributed by atoms with Crippen LogP contribution in [-0.2, 0) is 6.42 Å². The van der Waals surface area contributed by atoms with E-state index in [4.69, 9.17) is 4.74 Å². The van der Waals surface area contributed by atoms with Crippen molar-refractivity contribution in [2.75, 3.05) is 20.2 Å². The highest BCUT2D eigenvalue weighted by Crippen LogP contribution is 2.17. The number of hydrogen-bond acceptors (Lipinski definition) is 3. The third-order valence-corrected chi connectivity index (χ3v) is 3.59. The van der Waals surface area contributed by atoms with Crippen LogP contribution in [0.4, 0.5) is 0 Å². The first kappa shape index (κ1) is 13.4. The second-order valence-corrected chi connectivity index (χ2v) is 5.72. The number of benzene rings is 1. The molecule has 0 spiro atoms. The molecular weight excluding hydrogens is 224 g/mol. The molecule has 1 aliphatic heterocycles. The Morgan fingerprint density at radius 1 is 1.33 bits per heavy atom. The van der Waals surface area contributed by atoms with E-state index in [2.05, 4.69) is 36.6 Å². The fraction of sp³-hybridized carbons (Fsp3) is 0.600. The van der Waals surface area contributed by atoms with E-state index in [-0.39, 0.29) is 5.54 Å². The van der Waals surface area contributed by atoms with E-state index in [0.29, 0.717) is 6.04 Å². The Kier molecular flexibility index (Phi) is 4.25. The summed E-state index contributed by atoms with van der Waals surface area (Å²) in [6.07, 6.45) is 2.27. The summed E-state index contributed by atoms with van der Waals surface area (Å²) < 4.78 is 5.15. The second kappa shape index (κ2) is 5.72. The maximum atomic E-state index is 5.15. The molecule has 3 heteroatoms. The molecule has 1 aromatic rings. The van der Waals surface area contributed by atoms with Gasteiger partial charge in [0.15, 0.2) is 0 Å². The van der Waals surface area contributed by atoms with Crippen LogP contribution in [0.5, 0.6) is 5.75 Å². The lowest BCUT2D eigenvalue weighted by Crippen LogP contribution is -2.32. The molecule has 1 atom stereocenters. The number of methoxy groups -OCH3 is 1. The van der Waals surface area contributed by atoms with E-state index in [1.807, 2.05) is 12.1 Å². The molecular formula is C15H24N2O. The smallest absolute Gasteiger partial charge is 0.118 e. The molecule has 1 saturated heterocycles. The summed E-state index contributed by atoms with van der Waals surface area (Å²) >= 11 is 0. The predicted molar refractivity (Wildman–Crippen MR) is 75.2 cm³/mol. The summed E-state index contributed by atoms with van der Waals surface area (Å²) in [5, 5.41) is 7.15. The van der Waals surface area contributed by atoms with Crippen LogP contribution in [-0.4, -0.2) is 31.8 Å². The van der Waals surface area contributed by atoms with Gasteiger partial charge in [-0.2, -0.15) is 0 Å². The van der Waals surface area contributed by atoms with Crippen molar-refractivity contribution in [1.29, 1.82) is 0 Å². The van der Waals surface area contributed by atoms with Gasteiger partial charge in [0.25, 0.3) is 0 Å². The van der Waals surface area contributed by atoms with Gasteiger partial charge in [0.2, 0.25) is 0 Å². The number of hydrogen-bond donors (Lipinski definition) is 2. The molecule has 1 unspecified atom stereocenters. The van der Waals surface area contributed by atoms with E-state index in [0.717, 1.165) is 25.3 Å². The molecule has 0 aromatic heterocycles. The fourth-order valence-electron chi connectivity index (χ4n) is 2.52. The molecule has 1 heterocycles. The van der Waals surface area contributed by atoms with Crippen LogP contribution in [0.2, 0.25) is 0 Å². The molecule has 1 fully saturated rings. The van der Waals surface area contributed by atoms with Gasteiger partial charge in [0.05, 0.1) is 7.11 Å². The van der Waals surface area contributed by atoms with E-state index < -0.39 is 0 Å². The number of rotatable bonds is 5. The molecule has 100 valence electrons. The van der Waals surface area contributed by atoms with E-state index in [1.165, 1.54) is 12.0 Å². The average molecular weight is 248 g/mol. The highest BCUT2D eigenvalue weighted by Gasteiger charge is 2.29. The van der Waals surface area contributed by atoms with E-state index in [9.17, 15) is 0 Å². The third kappa shape index (κ3) is 3.72. The SMILES string of the molecule is COc1ccc(CCNC2CNC(C)(C)C2)cc1. The van der Waals surface area contributed by atoms with Gasteiger partial charge in [-0.3, -0.25) is 0 Å². The first-order valence-electron chi connectivity index (χ1n) is 6.70. The Morgan fingerprint density at radius 2 is 2.06 bits per heavy atom. The molecule has 0 bridgehead atoms. The Hall–Kier alpha value is -1.06. The Bertz CT molecular complexity index is 373. The minimum atomic E-state index is 0.289. The highest BCUT2D eigenvalue weighted by atomic mass is 16.5. The maximum Gasteiger partial charge on any atom is 0.118 e. The van der Waals surface area contributed by atoms with E-state index >= 15 is 0 Å². The monoisotopic (exact) mass is 248 g/mol. The standard InChI is InChI=1S/C15H24N2O/c1-15(2)10-13(11-17-15)16-9-8-12-4-6-14(18-3)7-5-12/h4-7,13,16-17H,8-11H2,1-3H3. The van der Waals surface area contributed by atoms with E-state index in [1.54, 1.807) is 7.11 Å². The molecule has 1 aliphatic rings. The third-order valence-electron chi connectivity index (χ3n) is 3.59. The summed E-state index contributed by atoms with van der Waals surface area (Å²) in [7, 11) is 1.70. The number of nitrogens with one attached hydrogen (secondary N) is 2. The van der Waals surface area contributed by atoms with Gasteiger partial charge in [0, 0.05) is 18.1 Å². The molecule has 2 rings (SSSR count). The van der Waals surface area contributed by atoms with Crippen molar-refractivity contribution in [2.24, 2.45) is 0 Å². The summed E-state index contributed by atoms with van der Waals surface area (Å²) in [5.41, 5.74) is 1.64. The van der Waals surface area contributed by atoms with Gasteiger partial charge in [-0.15, -0.1) is 0 Å². The van der Waals surface area contributed by atoms with Crippen LogP contribution >= 0.6 is 0 Å². The van der Waals surface area contributed by atoms with Gasteiger partial charge >= 0.3 is 0 Å². The molecule has 3 nitrogen and oxygen atoms in total. The van der Waals surface area contributed by atoms with Crippen molar-refractivity contribution in [3.63, 3.8) is 0 Å². The van der Waals surface area contributed by atoms with Crippen LogP contribution in [0.1, 0.15) is 25.8 Å². The van der Waals surface area contributed by atoms with Crippen LogP contribution in [0, 0.1) is 0 Å². The highest BCUT2D eigenvalue weighted by molar-refractivity contribution is 5.27. The molecule has 18 heavy (non-hydrogen) atoms. The first-order valence-corrected chi connectivity index (χ1v) is 6.70. The first-order chi connectivity index (χ1) is 8.59. The largest absolute Gasteiger partial charge is 0.497 e. The van der Waals surface area contributed by atoms with Crippen LogP contribution < -0.4 is 15.4 Å². The molecule has 2 N–H and O–H groups in total. The summed E-state index contributed by atoms with van der Waals surface area (Å²) in [4.78, 5) is 0. The summed E-state index contributed by atoms with van der Waals surface area (Å²) in [6, 6.07) is 8.93. The summed E-state index contributed by atoms with van der Waals surface area (Å²) in [6.45, 7) is 6.64. The van der Waals surface area contributed by atoms with Crippen LogP contribution in [0.15, 0.2) is 24.3 Å². The maximum absolute atomic E-state index is 5.15. The Labute approximate surface area is 110 Å². The van der Waals surface area contributed by atoms with Gasteiger partial charge in [-0.05, 0) is 50.9 Å². The lowest BCUT2D eigenvalue weighted by molar-refractivity contribution is 0.414. The lowest BCUT2D eigenvalue weighted by atomic mass is 10.0. The van der Waals surface area contributed by atoms with Gasteiger partial charge in [-0.25, -0.2) is 0 Å². The molecule has 0 saturated carbocycles. The average Bonchev–Trinajstić information content (AvgIpc) is 2.70. The van der Waals surface area contributed by atoms with Gasteiger partial charge in [0.1, 0.15) is 5.75 Å². The normalized spacial score (nSPS) is 22.1. The zero-order chi connectivity index (χ0) is 13.0. The van der Waals surface area contributed by atoms with Crippen molar-refractivity contribution in [3.05, 3.63) is 29.8 Å². The predicted octanol–water partition coefficient (Wildman–Crippen LogP) is 1.97. The van der Waals surface area contributed by atoms with Crippen molar-refractivity contribution < 1.29 is 4.74 Å². The number of ether oxygens (including phenoxy) is 1. The van der Waals surface area contributed by atoms with Crippen molar-refractivity contribution >= 4 is 0 Å². The zero-order valence-corrected chi connectivity index (χ0v) is 11.6. The molecule has 0 radical (unpaired) electrons. The summed E-state index contributed by atoms with van der Waals surface area (Å²) in [5.74, 6) is 0.924. The minimum absolute atomic E-state index is 0.289. The lowest BCUT2D eigenvalue weighted by Gasteiger charge is -2.17. The van der Waals surface area contributed by atoms with Crippen molar-refractivity contribution in [3.8, 4) is 5.75 Å². The minimum Gasteiger partial charge on any atom is -0.497 e. The Balaban J connectivity index is 1.72. The second-order valence-electron chi connectivity index (χ2n) is 5.72.